The number of para-hydroxylation sites is 1. The molecule has 2 atom stereocenters. The molecule has 0 amide bonds. The zero-order valence-electron chi connectivity index (χ0n) is 18.3. The smallest absolute Gasteiger partial charge is 0.310 e. The van der Waals surface area contributed by atoms with E-state index in [1.54, 1.807) is 36.5 Å². The maximum absolute atomic E-state index is 13.5. The Morgan fingerprint density at radius 2 is 1.78 bits per heavy atom. The molecule has 3 aromatic rings. The van der Waals surface area contributed by atoms with Crippen LogP contribution in [0.4, 0.5) is 0 Å². The number of benzene rings is 2. The number of carbonyl (C=O) groups is 1. The number of nitrogens with zero attached hydrogens (tertiary/aromatic N) is 1. The zero-order chi connectivity index (χ0) is 22.5. The summed E-state index contributed by atoms with van der Waals surface area (Å²) in [6.07, 6.45) is 6.76. The predicted molar refractivity (Wildman–Crippen MR) is 124 cm³/mol. The summed E-state index contributed by atoms with van der Waals surface area (Å²) in [5.74, 6) is -0.700. The molecular formula is C26H27NO4S. The van der Waals surface area contributed by atoms with Crippen molar-refractivity contribution in [2.45, 2.75) is 43.9 Å². The first-order chi connectivity index (χ1) is 15.4. The number of fused-ring (bicyclic) bond motifs is 1. The van der Waals surface area contributed by atoms with E-state index in [1.807, 2.05) is 31.2 Å². The molecule has 5 rings (SSSR count). The number of rotatable bonds is 5. The SMILES string of the molecule is CCOC(=O)[C@@H]1[C@H](c2cn(S(=O)(=O)c3ccccc3)c3ccccc23)C=C(C)CC12CC2. The monoisotopic (exact) mass is 449 g/mol. The van der Waals surface area contributed by atoms with Crippen molar-refractivity contribution >= 4 is 26.9 Å². The van der Waals surface area contributed by atoms with Gasteiger partial charge in [-0.3, -0.25) is 4.79 Å². The summed E-state index contributed by atoms with van der Waals surface area (Å²) in [4.78, 5) is 13.4. The Balaban J connectivity index is 1.71. The molecule has 1 saturated carbocycles. The molecule has 0 radical (unpaired) electrons. The maximum atomic E-state index is 13.5. The summed E-state index contributed by atoms with van der Waals surface area (Å²) in [5.41, 5.74) is 2.66. The molecule has 6 heteroatoms. The lowest BCUT2D eigenvalue weighted by Crippen LogP contribution is -2.35. The number of esters is 1. The lowest BCUT2D eigenvalue weighted by molar-refractivity contribution is -0.151. The molecule has 2 aromatic carbocycles. The van der Waals surface area contributed by atoms with Crippen molar-refractivity contribution in [3.8, 4) is 0 Å². The second-order valence-corrected chi connectivity index (χ2v) is 10.8. The van der Waals surface area contributed by atoms with Crippen LogP contribution >= 0.6 is 0 Å². The van der Waals surface area contributed by atoms with Crippen molar-refractivity contribution in [1.82, 2.24) is 3.97 Å². The topological polar surface area (TPSA) is 65.4 Å². The maximum Gasteiger partial charge on any atom is 0.310 e. The van der Waals surface area contributed by atoms with E-state index >= 15 is 0 Å². The third kappa shape index (κ3) is 3.28. The van der Waals surface area contributed by atoms with E-state index in [4.69, 9.17) is 4.74 Å². The van der Waals surface area contributed by atoms with Crippen molar-refractivity contribution in [2.24, 2.45) is 11.3 Å². The number of carbonyl (C=O) groups excluding carboxylic acids is 1. The first kappa shape index (κ1) is 21.0. The highest BCUT2D eigenvalue weighted by Crippen LogP contribution is 2.63. The van der Waals surface area contributed by atoms with Crippen LogP contribution in [0.2, 0.25) is 0 Å². The molecule has 0 saturated heterocycles. The summed E-state index contributed by atoms with van der Waals surface area (Å²) < 4.78 is 33.9. The van der Waals surface area contributed by atoms with Crippen molar-refractivity contribution in [3.63, 3.8) is 0 Å². The molecule has 0 aliphatic heterocycles. The second-order valence-electron chi connectivity index (χ2n) is 9.02. The average Bonchev–Trinajstić information content (AvgIpc) is 3.41. The largest absolute Gasteiger partial charge is 0.466 e. The van der Waals surface area contributed by atoms with Gasteiger partial charge in [-0.25, -0.2) is 12.4 Å². The van der Waals surface area contributed by atoms with Gasteiger partial charge in [-0.1, -0.05) is 48.0 Å². The molecule has 5 nitrogen and oxygen atoms in total. The first-order valence-electron chi connectivity index (χ1n) is 11.1. The summed E-state index contributed by atoms with van der Waals surface area (Å²) in [7, 11) is -3.78. The molecule has 166 valence electrons. The number of ether oxygens (including phenoxy) is 1. The van der Waals surface area contributed by atoms with Gasteiger partial charge in [-0.15, -0.1) is 0 Å². The third-order valence-electron chi connectivity index (χ3n) is 6.91. The minimum Gasteiger partial charge on any atom is -0.466 e. The highest BCUT2D eigenvalue weighted by Gasteiger charge is 2.57. The summed E-state index contributed by atoms with van der Waals surface area (Å²) in [5, 5.41) is 0.855. The summed E-state index contributed by atoms with van der Waals surface area (Å²) in [6, 6.07) is 16.0. The van der Waals surface area contributed by atoms with Crippen molar-refractivity contribution < 1.29 is 17.9 Å². The Bertz CT molecular complexity index is 1320. The lowest BCUT2D eigenvalue weighted by atomic mass is 9.68. The minimum absolute atomic E-state index is 0.0722. The Hall–Kier alpha value is -2.86. The molecule has 1 heterocycles. The average molecular weight is 450 g/mol. The second kappa shape index (κ2) is 7.62. The Morgan fingerprint density at radius 3 is 2.47 bits per heavy atom. The van der Waals surface area contributed by atoms with E-state index in [-0.39, 0.29) is 28.1 Å². The van der Waals surface area contributed by atoms with Crippen molar-refractivity contribution in [2.75, 3.05) is 6.61 Å². The van der Waals surface area contributed by atoms with Crippen LogP contribution in [0, 0.1) is 11.3 Å². The highest BCUT2D eigenvalue weighted by atomic mass is 32.2. The fraction of sp³-hybridized carbons (Fsp3) is 0.346. The molecule has 0 N–H and O–H groups in total. The van der Waals surface area contributed by atoms with E-state index in [1.165, 1.54) is 9.55 Å². The zero-order valence-corrected chi connectivity index (χ0v) is 19.1. The third-order valence-corrected chi connectivity index (χ3v) is 8.60. The van der Waals surface area contributed by atoms with Gasteiger partial charge in [-0.05, 0) is 62.3 Å². The standard InChI is InChI=1S/C26H27NO4S/c1-3-31-25(28)24-21(15-18(2)16-26(24)13-14-26)22-17-27(23-12-8-7-11-20(22)23)32(29,30)19-9-5-4-6-10-19/h4-12,15,17,21,24H,3,13-14,16H2,1-2H3/t21-,24-/m0/s1. The van der Waals surface area contributed by atoms with Gasteiger partial charge in [0.25, 0.3) is 10.0 Å². The molecule has 32 heavy (non-hydrogen) atoms. The highest BCUT2D eigenvalue weighted by molar-refractivity contribution is 7.90. The Labute approximate surface area is 188 Å². The molecule has 1 aromatic heterocycles. The number of aromatic nitrogens is 1. The van der Waals surface area contributed by atoms with E-state index in [0.717, 1.165) is 30.2 Å². The predicted octanol–water partition coefficient (Wildman–Crippen LogP) is 5.27. The first-order valence-corrected chi connectivity index (χ1v) is 12.6. The van der Waals surface area contributed by atoms with Gasteiger partial charge in [0.1, 0.15) is 0 Å². The normalized spacial score (nSPS) is 22.0. The van der Waals surface area contributed by atoms with Crippen LogP contribution < -0.4 is 0 Å². The van der Waals surface area contributed by atoms with Gasteiger partial charge in [0.05, 0.1) is 22.9 Å². The Kier molecular flexibility index (Phi) is 5.01. The van der Waals surface area contributed by atoms with Crippen molar-refractivity contribution in [1.29, 1.82) is 0 Å². The minimum atomic E-state index is -3.78. The summed E-state index contributed by atoms with van der Waals surface area (Å²) >= 11 is 0. The van der Waals surface area contributed by atoms with Gasteiger partial charge in [0, 0.05) is 17.5 Å². The molecule has 1 spiro atoms. The van der Waals surface area contributed by atoms with E-state index in [2.05, 4.69) is 13.0 Å². The van der Waals surface area contributed by atoms with E-state index in [9.17, 15) is 13.2 Å². The lowest BCUT2D eigenvalue weighted by Gasteiger charge is -2.35. The van der Waals surface area contributed by atoms with Crippen LogP contribution in [0.15, 0.2) is 77.3 Å². The van der Waals surface area contributed by atoms with E-state index in [0.29, 0.717) is 12.1 Å². The van der Waals surface area contributed by atoms with Gasteiger partial charge in [0.15, 0.2) is 0 Å². The van der Waals surface area contributed by atoms with Gasteiger partial charge >= 0.3 is 5.97 Å². The molecular weight excluding hydrogens is 422 g/mol. The van der Waals surface area contributed by atoms with E-state index < -0.39 is 10.0 Å². The quantitative estimate of drug-likeness (QED) is 0.393. The van der Waals surface area contributed by atoms with Crippen LogP contribution in [0.5, 0.6) is 0 Å². The fourth-order valence-electron chi connectivity index (χ4n) is 5.40. The molecule has 0 unspecified atom stereocenters. The van der Waals surface area contributed by atoms with Gasteiger partial charge in [-0.2, -0.15) is 0 Å². The number of allylic oxidation sites excluding steroid dienone is 2. The molecule has 1 fully saturated rings. The fourth-order valence-corrected chi connectivity index (χ4v) is 6.80. The van der Waals surface area contributed by atoms with Gasteiger partial charge in [0.2, 0.25) is 0 Å². The Morgan fingerprint density at radius 1 is 1.09 bits per heavy atom. The number of hydrogen-bond donors (Lipinski definition) is 0. The number of hydrogen-bond acceptors (Lipinski definition) is 4. The van der Waals surface area contributed by atoms with Gasteiger partial charge < -0.3 is 4.74 Å². The molecule has 2 aliphatic rings. The van der Waals surface area contributed by atoms with Crippen LogP contribution in [-0.2, 0) is 19.6 Å². The molecule has 2 aliphatic carbocycles. The summed E-state index contributed by atoms with van der Waals surface area (Å²) in [6.45, 7) is 4.27. The molecule has 0 bridgehead atoms. The van der Waals surface area contributed by atoms with Crippen LogP contribution in [-0.4, -0.2) is 25.0 Å². The van der Waals surface area contributed by atoms with Crippen molar-refractivity contribution in [3.05, 3.63) is 78.0 Å². The van der Waals surface area contributed by atoms with Crippen LogP contribution in [0.25, 0.3) is 10.9 Å². The van der Waals surface area contributed by atoms with Crippen LogP contribution in [0.3, 0.4) is 0 Å². The van der Waals surface area contributed by atoms with Crippen LogP contribution in [0.1, 0.15) is 44.6 Å².